The number of amides is 2. The summed E-state index contributed by atoms with van der Waals surface area (Å²) in [6.45, 7) is 6.31. The Morgan fingerprint density at radius 2 is 1.65 bits per heavy atom. The number of hydrogen-bond acceptors (Lipinski definition) is 3. The van der Waals surface area contributed by atoms with Crippen LogP contribution in [0.3, 0.4) is 0 Å². The number of carbonyl (C=O) groups excluding carboxylic acids is 2. The summed E-state index contributed by atoms with van der Waals surface area (Å²) >= 11 is 0. The summed E-state index contributed by atoms with van der Waals surface area (Å²) in [6, 6.07) is 0. The second kappa shape index (κ2) is 8.01. The van der Waals surface area contributed by atoms with Crippen molar-refractivity contribution in [1.82, 2.24) is 10.6 Å². The standard InChI is InChI=1S/C13H24F2N2O3/c1-12(2,3)20-11(19)17-8-5-6-10(18)16-9-7-13(4,14)15/h5-9H2,1-4H3,(H,16,18)(H,17,19). The fraction of sp³-hybridized carbons (Fsp3) is 0.846. The van der Waals surface area contributed by atoms with Crippen LogP contribution in [0, 0.1) is 0 Å². The van der Waals surface area contributed by atoms with Crippen molar-refractivity contribution in [3.8, 4) is 0 Å². The van der Waals surface area contributed by atoms with Crippen LogP contribution in [0.25, 0.3) is 0 Å². The summed E-state index contributed by atoms with van der Waals surface area (Å²) in [4.78, 5) is 22.6. The summed E-state index contributed by atoms with van der Waals surface area (Å²) in [5.41, 5.74) is -0.563. The lowest BCUT2D eigenvalue weighted by Crippen LogP contribution is -2.33. The van der Waals surface area contributed by atoms with Crippen LogP contribution < -0.4 is 10.6 Å². The van der Waals surface area contributed by atoms with Gasteiger partial charge in [0, 0.05) is 25.9 Å². The van der Waals surface area contributed by atoms with Crippen molar-refractivity contribution in [3.63, 3.8) is 0 Å². The van der Waals surface area contributed by atoms with E-state index in [-0.39, 0.29) is 25.3 Å². The fourth-order valence-electron chi connectivity index (χ4n) is 1.26. The molecule has 2 N–H and O–H groups in total. The highest BCUT2D eigenvalue weighted by Crippen LogP contribution is 2.15. The van der Waals surface area contributed by atoms with Crippen LogP contribution in [0.4, 0.5) is 13.6 Å². The molecular formula is C13H24F2N2O3. The van der Waals surface area contributed by atoms with E-state index in [0.717, 1.165) is 6.92 Å². The lowest BCUT2D eigenvalue weighted by molar-refractivity contribution is -0.121. The van der Waals surface area contributed by atoms with Crippen LogP contribution >= 0.6 is 0 Å². The fourth-order valence-corrected chi connectivity index (χ4v) is 1.26. The Hall–Kier alpha value is -1.40. The maximum atomic E-state index is 12.5. The predicted octanol–water partition coefficient (Wildman–Crippen LogP) is 2.45. The molecule has 118 valence electrons. The van der Waals surface area contributed by atoms with E-state index in [2.05, 4.69) is 10.6 Å². The molecule has 7 heteroatoms. The van der Waals surface area contributed by atoms with E-state index in [0.29, 0.717) is 13.0 Å². The van der Waals surface area contributed by atoms with Crippen molar-refractivity contribution in [2.75, 3.05) is 13.1 Å². The third-order valence-electron chi connectivity index (χ3n) is 2.13. The number of alkyl halides is 2. The molecule has 0 unspecified atom stereocenters. The first kappa shape index (κ1) is 18.6. The van der Waals surface area contributed by atoms with Crippen molar-refractivity contribution >= 4 is 12.0 Å². The van der Waals surface area contributed by atoms with Crippen LogP contribution in [0.1, 0.15) is 47.0 Å². The maximum Gasteiger partial charge on any atom is 0.407 e. The Bertz CT molecular complexity index is 323. The molecule has 0 radical (unpaired) electrons. The topological polar surface area (TPSA) is 67.4 Å². The molecule has 0 bridgehead atoms. The van der Waals surface area contributed by atoms with Gasteiger partial charge < -0.3 is 15.4 Å². The van der Waals surface area contributed by atoms with E-state index in [1.807, 2.05) is 0 Å². The Labute approximate surface area is 118 Å². The van der Waals surface area contributed by atoms with Crippen molar-refractivity contribution in [3.05, 3.63) is 0 Å². The van der Waals surface area contributed by atoms with Crippen LogP contribution in [-0.4, -0.2) is 36.6 Å². The molecule has 0 aromatic heterocycles. The molecule has 0 spiro atoms. The normalized spacial score (nSPS) is 11.9. The molecular weight excluding hydrogens is 270 g/mol. The van der Waals surface area contributed by atoms with E-state index >= 15 is 0 Å². The average molecular weight is 294 g/mol. The predicted molar refractivity (Wildman–Crippen MR) is 71.7 cm³/mol. The highest BCUT2D eigenvalue weighted by atomic mass is 19.3. The van der Waals surface area contributed by atoms with Crippen LogP contribution in [-0.2, 0) is 9.53 Å². The van der Waals surface area contributed by atoms with E-state index in [4.69, 9.17) is 4.74 Å². The molecule has 0 aliphatic rings. The molecule has 0 saturated heterocycles. The average Bonchev–Trinajstić information content (AvgIpc) is 2.20. The van der Waals surface area contributed by atoms with Gasteiger partial charge in [-0.3, -0.25) is 4.79 Å². The SMILES string of the molecule is CC(F)(F)CCNC(=O)CCCNC(=O)OC(C)(C)C. The Morgan fingerprint density at radius 3 is 2.15 bits per heavy atom. The van der Waals surface area contributed by atoms with E-state index < -0.39 is 17.6 Å². The van der Waals surface area contributed by atoms with Gasteiger partial charge in [-0.05, 0) is 34.1 Å². The van der Waals surface area contributed by atoms with E-state index in [9.17, 15) is 18.4 Å². The smallest absolute Gasteiger partial charge is 0.407 e. The maximum absolute atomic E-state index is 12.5. The van der Waals surface area contributed by atoms with E-state index in [1.165, 1.54) is 0 Å². The van der Waals surface area contributed by atoms with Gasteiger partial charge in [-0.1, -0.05) is 0 Å². The Morgan fingerprint density at radius 1 is 1.05 bits per heavy atom. The minimum atomic E-state index is -2.77. The molecule has 0 aromatic rings. The van der Waals surface area contributed by atoms with Gasteiger partial charge in [0.2, 0.25) is 11.8 Å². The molecule has 0 fully saturated rings. The number of hydrogen-bond donors (Lipinski definition) is 2. The quantitative estimate of drug-likeness (QED) is 0.709. The van der Waals surface area contributed by atoms with Gasteiger partial charge in [0.15, 0.2) is 0 Å². The highest BCUT2D eigenvalue weighted by Gasteiger charge is 2.20. The van der Waals surface area contributed by atoms with Gasteiger partial charge in [0.05, 0.1) is 0 Å². The summed E-state index contributed by atoms with van der Waals surface area (Å²) in [6.07, 6.45) is -0.323. The van der Waals surface area contributed by atoms with Crippen LogP contribution in [0.15, 0.2) is 0 Å². The summed E-state index contributed by atoms with van der Waals surface area (Å²) in [7, 11) is 0. The van der Waals surface area contributed by atoms with Gasteiger partial charge in [-0.25, -0.2) is 13.6 Å². The Balaban J connectivity index is 3.60. The number of carbonyl (C=O) groups is 2. The van der Waals surface area contributed by atoms with Crippen molar-refractivity contribution < 1.29 is 23.1 Å². The molecule has 0 aliphatic heterocycles. The number of alkyl carbamates (subject to hydrolysis) is 1. The minimum absolute atomic E-state index is 0.0537. The van der Waals surface area contributed by atoms with Crippen molar-refractivity contribution in [1.29, 1.82) is 0 Å². The molecule has 0 heterocycles. The zero-order valence-corrected chi connectivity index (χ0v) is 12.5. The summed E-state index contributed by atoms with van der Waals surface area (Å²) in [5, 5.41) is 4.92. The molecule has 2 amide bonds. The van der Waals surface area contributed by atoms with Crippen molar-refractivity contribution in [2.24, 2.45) is 0 Å². The zero-order valence-electron chi connectivity index (χ0n) is 12.5. The van der Waals surface area contributed by atoms with Gasteiger partial charge in [0.25, 0.3) is 0 Å². The largest absolute Gasteiger partial charge is 0.444 e. The lowest BCUT2D eigenvalue weighted by atomic mass is 10.2. The van der Waals surface area contributed by atoms with Gasteiger partial charge >= 0.3 is 6.09 Å². The first-order valence-corrected chi connectivity index (χ1v) is 6.61. The van der Waals surface area contributed by atoms with Gasteiger partial charge in [-0.15, -0.1) is 0 Å². The third-order valence-corrected chi connectivity index (χ3v) is 2.13. The van der Waals surface area contributed by atoms with Gasteiger partial charge in [-0.2, -0.15) is 0 Å². The molecule has 0 rings (SSSR count). The molecule has 0 aliphatic carbocycles. The second-order valence-corrected chi connectivity index (χ2v) is 5.70. The number of ether oxygens (including phenoxy) is 1. The van der Waals surface area contributed by atoms with E-state index in [1.54, 1.807) is 20.8 Å². The van der Waals surface area contributed by atoms with Gasteiger partial charge in [0.1, 0.15) is 5.60 Å². The Kier molecular flexibility index (Phi) is 7.45. The molecule has 0 atom stereocenters. The summed E-state index contributed by atoms with van der Waals surface area (Å²) in [5.74, 6) is -3.08. The first-order valence-electron chi connectivity index (χ1n) is 6.61. The minimum Gasteiger partial charge on any atom is -0.444 e. The highest BCUT2D eigenvalue weighted by molar-refractivity contribution is 5.75. The molecule has 0 saturated carbocycles. The number of rotatable bonds is 7. The van der Waals surface area contributed by atoms with Crippen LogP contribution in [0.2, 0.25) is 0 Å². The molecule has 5 nitrogen and oxygen atoms in total. The zero-order chi connectivity index (χ0) is 15.8. The first-order chi connectivity index (χ1) is 8.99. The number of halogens is 2. The van der Waals surface area contributed by atoms with Crippen LogP contribution in [0.5, 0.6) is 0 Å². The lowest BCUT2D eigenvalue weighted by Gasteiger charge is -2.19. The second-order valence-electron chi connectivity index (χ2n) is 5.70. The molecule has 0 aromatic carbocycles. The van der Waals surface area contributed by atoms with Crippen molar-refractivity contribution in [2.45, 2.75) is 58.5 Å². The number of nitrogens with one attached hydrogen (secondary N) is 2. The molecule has 20 heavy (non-hydrogen) atoms. The monoisotopic (exact) mass is 294 g/mol. The third kappa shape index (κ3) is 13.0. The summed E-state index contributed by atoms with van der Waals surface area (Å²) < 4.78 is 30.0.